The van der Waals surface area contributed by atoms with Crippen molar-refractivity contribution in [2.24, 2.45) is 5.73 Å². The number of hydrogen-bond donors (Lipinski definition) is 3. The molecule has 1 rings (SSSR count). The zero-order valence-electron chi connectivity index (χ0n) is 12.5. The lowest BCUT2D eigenvalue weighted by Crippen LogP contribution is -2.28. The third kappa shape index (κ3) is 5.93. The lowest BCUT2D eigenvalue weighted by molar-refractivity contribution is -0.118. The molecule has 6 heteroatoms. The molecule has 1 atom stereocenters. The SMILES string of the molecule is CCCNC(=O)c1ccc(NC(=O)CC(CN)OC)cc1. The van der Waals surface area contributed by atoms with Crippen LogP contribution in [0.2, 0.25) is 0 Å². The summed E-state index contributed by atoms with van der Waals surface area (Å²) in [6, 6.07) is 6.75. The monoisotopic (exact) mass is 293 g/mol. The number of amides is 2. The maximum atomic E-state index is 11.8. The van der Waals surface area contributed by atoms with E-state index in [-0.39, 0.29) is 24.3 Å². The van der Waals surface area contributed by atoms with E-state index in [1.54, 1.807) is 24.3 Å². The summed E-state index contributed by atoms with van der Waals surface area (Å²) >= 11 is 0. The number of ether oxygens (including phenoxy) is 1. The molecule has 116 valence electrons. The average molecular weight is 293 g/mol. The number of carbonyl (C=O) groups excluding carboxylic acids is 2. The molecule has 0 aliphatic carbocycles. The number of hydrogen-bond acceptors (Lipinski definition) is 4. The lowest BCUT2D eigenvalue weighted by Gasteiger charge is -2.12. The Morgan fingerprint density at radius 3 is 2.48 bits per heavy atom. The van der Waals surface area contributed by atoms with Crippen molar-refractivity contribution >= 4 is 17.5 Å². The minimum Gasteiger partial charge on any atom is -0.380 e. The van der Waals surface area contributed by atoms with E-state index in [9.17, 15) is 9.59 Å². The molecular formula is C15H23N3O3. The second-order valence-electron chi connectivity index (χ2n) is 4.68. The molecule has 0 radical (unpaired) electrons. The Hall–Kier alpha value is -1.92. The van der Waals surface area contributed by atoms with Gasteiger partial charge in [0.05, 0.1) is 12.5 Å². The molecule has 0 aliphatic heterocycles. The number of methoxy groups -OCH3 is 1. The number of nitrogens with two attached hydrogens (primary N) is 1. The van der Waals surface area contributed by atoms with Crippen molar-refractivity contribution in [2.45, 2.75) is 25.9 Å². The minimum atomic E-state index is -0.288. The first-order valence-electron chi connectivity index (χ1n) is 7.01. The molecule has 0 spiro atoms. The Bertz CT molecular complexity index is 456. The number of nitrogens with one attached hydrogen (secondary N) is 2. The Kier molecular flexibility index (Phi) is 7.42. The summed E-state index contributed by atoms with van der Waals surface area (Å²) in [6.07, 6.45) is 0.803. The average Bonchev–Trinajstić information content (AvgIpc) is 2.50. The van der Waals surface area contributed by atoms with Crippen LogP contribution >= 0.6 is 0 Å². The largest absolute Gasteiger partial charge is 0.380 e. The second-order valence-corrected chi connectivity index (χ2v) is 4.68. The fourth-order valence-electron chi connectivity index (χ4n) is 1.73. The van der Waals surface area contributed by atoms with E-state index in [0.29, 0.717) is 24.3 Å². The van der Waals surface area contributed by atoms with E-state index in [1.807, 2.05) is 6.92 Å². The van der Waals surface area contributed by atoms with Gasteiger partial charge in [0.25, 0.3) is 5.91 Å². The normalized spacial score (nSPS) is 11.8. The Balaban J connectivity index is 2.54. The van der Waals surface area contributed by atoms with Gasteiger partial charge in [-0.3, -0.25) is 9.59 Å². The summed E-state index contributed by atoms with van der Waals surface area (Å²) in [5, 5.41) is 5.54. The van der Waals surface area contributed by atoms with Gasteiger partial charge in [-0.1, -0.05) is 6.92 Å². The summed E-state index contributed by atoms with van der Waals surface area (Å²) < 4.78 is 5.06. The maximum absolute atomic E-state index is 11.8. The van der Waals surface area contributed by atoms with E-state index in [4.69, 9.17) is 10.5 Å². The molecule has 4 N–H and O–H groups in total. The standard InChI is InChI=1S/C15H23N3O3/c1-3-8-17-15(20)11-4-6-12(7-5-11)18-14(19)9-13(10-16)21-2/h4-7,13H,3,8-10,16H2,1-2H3,(H,17,20)(H,18,19). The van der Waals surface area contributed by atoms with E-state index in [1.165, 1.54) is 7.11 Å². The van der Waals surface area contributed by atoms with Crippen LogP contribution in [0.1, 0.15) is 30.1 Å². The van der Waals surface area contributed by atoms with Gasteiger partial charge in [-0.25, -0.2) is 0 Å². The van der Waals surface area contributed by atoms with Crippen molar-refractivity contribution < 1.29 is 14.3 Å². The van der Waals surface area contributed by atoms with Gasteiger partial charge in [-0.05, 0) is 30.7 Å². The molecule has 0 aromatic heterocycles. The molecule has 21 heavy (non-hydrogen) atoms. The van der Waals surface area contributed by atoms with Crippen LogP contribution in [0.25, 0.3) is 0 Å². The van der Waals surface area contributed by atoms with Crippen molar-refractivity contribution in [3.63, 3.8) is 0 Å². The van der Waals surface area contributed by atoms with Crippen LogP contribution < -0.4 is 16.4 Å². The highest BCUT2D eigenvalue weighted by Crippen LogP contribution is 2.10. The highest BCUT2D eigenvalue weighted by atomic mass is 16.5. The van der Waals surface area contributed by atoms with Crippen LogP contribution in [0.15, 0.2) is 24.3 Å². The molecule has 0 heterocycles. The third-order valence-corrected chi connectivity index (χ3v) is 2.98. The lowest BCUT2D eigenvalue weighted by atomic mass is 10.2. The molecule has 0 fully saturated rings. The first-order chi connectivity index (χ1) is 10.1. The summed E-state index contributed by atoms with van der Waals surface area (Å²) in [7, 11) is 1.52. The molecule has 1 unspecified atom stereocenters. The van der Waals surface area contributed by atoms with E-state index >= 15 is 0 Å². The number of rotatable bonds is 8. The van der Waals surface area contributed by atoms with E-state index in [2.05, 4.69) is 10.6 Å². The molecule has 1 aromatic rings. The van der Waals surface area contributed by atoms with Crippen LogP contribution in [0.5, 0.6) is 0 Å². The van der Waals surface area contributed by atoms with E-state index < -0.39 is 0 Å². The van der Waals surface area contributed by atoms with Crippen LogP contribution in [0.4, 0.5) is 5.69 Å². The van der Waals surface area contributed by atoms with Gasteiger partial charge >= 0.3 is 0 Å². The molecule has 0 saturated carbocycles. The number of carbonyl (C=O) groups is 2. The first-order valence-corrected chi connectivity index (χ1v) is 7.01. The Morgan fingerprint density at radius 1 is 1.29 bits per heavy atom. The maximum Gasteiger partial charge on any atom is 0.251 e. The van der Waals surface area contributed by atoms with Crippen molar-refractivity contribution in [3.8, 4) is 0 Å². The summed E-state index contributed by atoms with van der Waals surface area (Å²) in [5.41, 5.74) is 6.67. The molecule has 6 nitrogen and oxygen atoms in total. The molecule has 0 saturated heterocycles. The molecule has 1 aromatic carbocycles. The predicted octanol–water partition coefficient (Wildman–Crippen LogP) is 1.13. The van der Waals surface area contributed by atoms with Crippen molar-refractivity contribution in [1.82, 2.24) is 5.32 Å². The van der Waals surface area contributed by atoms with Gasteiger partial charge in [-0.2, -0.15) is 0 Å². The Morgan fingerprint density at radius 2 is 1.95 bits per heavy atom. The highest BCUT2D eigenvalue weighted by molar-refractivity contribution is 5.95. The minimum absolute atomic E-state index is 0.114. The zero-order chi connectivity index (χ0) is 15.7. The first kappa shape index (κ1) is 17.1. The number of anilines is 1. The van der Waals surface area contributed by atoms with Gasteiger partial charge in [0, 0.05) is 31.5 Å². The van der Waals surface area contributed by atoms with E-state index in [0.717, 1.165) is 6.42 Å². The number of benzene rings is 1. The quantitative estimate of drug-likeness (QED) is 0.670. The molecule has 0 bridgehead atoms. The molecule has 0 aliphatic rings. The van der Waals surface area contributed by atoms with Crippen molar-refractivity contribution in [1.29, 1.82) is 0 Å². The fraction of sp³-hybridized carbons (Fsp3) is 0.467. The van der Waals surface area contributed by atoms with Crippen LogP contribution in [0.3, 0.4) is 0 Å². The zero-order valence-corrected chi connectivity index (χ0v) is 12.5. The van der Waals surface area contributed by atoms with Crippen LogP contribution in [-0.4, -0.2) is 38.1 Å². The summed E-state index contributed by atoms with van der Waals surface area (Å²) in [4.78, 5) is 23.5. The fourth-order valence-corrected chi connectivity index (χ4v) is 1.73. The molecule has 2 amide bonds. The van der Waals surface area contributed by atoms with Crippen LogP contribution in [-0.2, 0) is 9.53 Å². The second kappa shape index (κ2) is 9.10. The smallest absolute Gasteiger partial charge is 0.251 e. The predicted molar refractivity (Wildman–Crippen MR) is 82.2 cm³/mol. The summed E-state index contributed by atoms with van der Waals surface area (Å²) in [5.74, 6) is -0.284. The van der Waals surface area contributed by atoms with Crippen molar-refractivity contribution in [3.05, 3.63) is 29.8 Å². The van der Waals surface area contributed by atoms with Gasteiger partial charge < -0.3 is 21.1 Å². The van der Waals surface area contributed by atoms with Crippen molar-refractivity contribution in [2.75, 3.05) is 25.5 Å². The van der Waals surface area contributed by atoms with Gasteiger partial charge in [-0.15, -0.1) is 0 Å². The summed E-state index contributed by atoms with van der Waals surface area (Å²) in [6.45, 7) is 2.93. The molecular weight excluding hydrogens is 270 g/mol. The topological polar surface area (TPSA) is 93.5 Å². The van der Waals surface area contributed by atoms with Gasteiger partial charge in [0.2, 0.25) is 5.91 Å². The Labute approximate surface area is 125 Å². The van der Waals surface area contributed by atoms with Gasteiger partial charge in [0.1, 0.15) is 0 Å². The van der Waals surface area contributed by atoms with Gasteiger partial charge in [0.15, 0.2) is 0 Å². The highest BCUT2D eigenvalue weighted by Gasteiger charge is 2.12. The third-order valence-electron chi connectivity index (χ3n) is 2.98. The van der Waals surface area contributed by atoms with Crippen LogP contribution in [0, 0.1) is 0 Å².